The predicted octanol–water partition coefficient (Wildman–Crippen LogP) is 12.9. The van der Waals surface area contributed by atoms with E-state index < -0.39 is 85.6 Å². The first-order valence-corrected chi connectivity index (χ1v) is 20.3. The number of hydrogen-bond donors (Lipinski definition) is 1. The molecule has 0 saturated carbocycles. The number of alkyl halides is 17. The lowest BCUT2D eigenvalue weighted by Gasteiger charge is -2.44. The Labute approximate surface area is 332 Å². The summed E-state index contributed by atoms with van der Waals surface area (Å²) < 4.78 is 252. The molecule has 0 bridgehead atoms. The maximum Gasteiger partial charge on any atom is 0.460 e. The second-order valence-corrected chi connectivity index (χ2v) is 20.0. The van der Waals surface area contributed by atoms with Gasteiger partial charge in [0.2, 0.25) is 0 Å². The molecule has 1 N–H and O–H groups in total. The molecule has 1 aromatic carbocycles. The summed E-state index contributed by atoms with van der Waals surface area (Å²) in [6, 6.07) is 5.89. The number of hydrogen-bond acceptors (Lipinski definition) is 4. The van der Waals surface area contributed by atoms with E-state index in [-0.39, 0.29) is 38.1 Å². The molecule has 3 atom stereocenters. The van der Waals surface area contributed by atoms with Gasteiger partial charge in [0.1, 0.15) is 5.75 Å². The van der Waals surface area contributed by atoms with Gasteiger partial charge in [0.25, 0.3) is 0 Å². The average molecular weight is 909 g/mol. The Morgan fingerprint density at radius 1 is 0.695 bits per heavy atom. The normalized spacial score (nSPS) is 16.6. The van der Waals surface area contributed by atoms with Crippen LogP contribution in [0.25, 0.3) is 0 Å². The van der Waals surface area contributed by atoms with Crippen molar-refractivity contribution in [2.45, 2.75) is 139 Å². The van der Waals surface area contributed by atoms with Crippen molar-refractivity contribution in [3.05, 3.63) is 53.6 Å². The Balaban J connectivity index is 3.23. The molecule has 3 unspecified atom stereocenters. The molecule has 1 rings (SSSR count). The molecule has 4 nitrogen and oxygen atoms in total. The van der Waals surface area contributed by atoms with Crippen molar-refractivity contribution in [2.75, 3.05) is 20.3 Å². The molecule has 344 valence electrons. The standard InChI is InChI=1S/C37H49F17O4Si/c1-22(2)59(23(3)4,58-17-10-9-11-24(5)19-25(6)29(26(7)20-55)57-21-27-12-14-28(56-8)15-13-27)18-16-30(38,39)31(40,41)32(42,43)33(44,45)34(46,47)35(48,49)36(50,51)37(52,53)54/h9,11-15,19,22-23,25-26,29,55H,10,16-18,20-21H2,1-8H3/b11-9+,24-19+. The van der Waals surface area contributed by atoms with Crippen molar-refractivity contribution in [3.63, 3.8) is 0 Å². The summed E-state index contributed by atoms with van der Waals surface area (Å²) >= 11 is 0. The van der Waals surface area contributed by atoms with Crippen LogP contribution < -0.4 is 4.74 Å². The van der Waals surface area contributed by atoms with Gasteiger partial charge in [-0.1, -0.05) is 77.5 Å². The molecule has 0 aliphatic heterocycles. The number of methoxy groups -OCH3 is 1. The third-order valence-electron chi connectivity index (χ3n) is 10.1. The predicted molar refractivity (Wildman–Crippen MR) is 187 cm³/mol. The smallest absolute Gasteiger partial charge is 0.460 e. The molecular formula is C37H49F17O4Si. The SMILES string of the molecule is COc1ccc(COC(C(C)/C=C(C)/C=C/CCO[Si](CCC(F)(F)C(F)(F)C(F)(F)C(F)(F)C(F)(F)C(F)(F)C(F)(F)C(F)(F)F)(C(C)C)C(C)C)C(C)CO)cc1. The maximum absolute atomic E-state index is 14.9. The molecule has 0 aliphatic carbocycles. The van der Waals surface area contributed by atoms with E-state index in [9.17, 15) is 79.7 Å². The minimum atomic E-state index is -8.66. The zero-order valence-electron chi connectivity index (χ0n) is 33.3. The number of ether oxygens (including phenoxy) is 2. The molecule has 0 aromatic heterocycles. The Hall–Kier alpha value is -2.59. The Bertz CT molecular complexity index is 1520. The van der Waals surface area contributed by atoms with Gasteiger partial charge in [0, 0.05) is 31.5 Å². The van der Waals surface area contributed by atoms with Crippen molar-refractivity contribution >= 4 is 8.32 Å². The fourth-order valence-electron chi connectivity index (χ4n) is 6.36. The summed E-state index contributed by atoms with van der Waals surface area (Å²) in [6.07, 6.45) is -5.65. The van der Waals surface area contributed by atoms with E-state index in [0.29, 0.717) is 11.3 Å². The van der Waals surface area contributed by atoms with E-state index in [1.54, 1.807) is 38.1 Å². The molecule has 0 heterocycles. The second-order valence-electron chi connectivity index (χ2n) is 15.0. The van der Waals surface area contributed by atoms with Gasteiger partial charge in [-0.2, -0.15) is 74.6 Å². The van der Waals surface area contributed by atoms with Gasteiger partial charge in [-0.15, -0.1) is 0 Å². The van der Waals surface area contributed by atoms with E-state index in [2.05, 4.69) is 0 Å². The minimum Gasteiger partial charge on any atom is -0.497 e. The molecule has 0 spiro atoms. The number of aliphatic hydroxyl groups is 1. The van der Waals surface area contributed by atoms with Crippen LogP contribution in [0.2, 0.25) is 17.1 Å². The molecule has 0 saturated heterocycles. The van der Waals surface area contributed by atoms with E-state index in [0.717, 1.165) is 5.56 Å². The lowest BCUT2D eigenvalue weighted by molar-refractivity contribution is -0.461. The molecule has 0 aliphatic rings. The third-order valence-corrected chi connectivity index (χ3v) is 15.8. The molecule has 1 aromatic rings. The van der Waals surface area contributed by atoms with Crippen LogP contribution in [0.15, 0.2) is 48.1 Å². The first kappa shape index (κ1) is 54.4. The summed E-state index contributed by atoms with van der Waals surface area (Å²) in [7, 11) is -2.35. The van der Waals surface area contributed by atoms with Crippen LogP contribution in [0.3, 0.4) is 0 Å². The fraction of sp³-hybridized carbons (Fsp3) is 0.730. The molecule has 22 heteroatoms. The number of aliphatic hydroxyl groups excluding tert-OH is 1. The first-order valence-electron chi connectivity index (χ1n) is 18.1. The zero-order valence-corrected chi connectivity index (χ0v) is 34.3. The molecule has 0 amide bonds. The van der Waals surface area contributed by atoms with Crippen LogP contribution in [0.4, 0.5) is 74.6 Å². The van der Waals surface area contributed by atoms with Gasteiger partial charge >= 0.3 is 47.6 Å². The number of benzene rings is 1. The second kappa shape index (κ2) is 19.6. The van der Waals surface area contributed by atoms with Crippen LogP contribution in [0.1, 0.15) is 66.9 Å². The monoisotopic (exact) mass is 908 g/mol. The highest BCUT2D eigenvalue weighted by Crippen LogP contribution is 2.64. The van der Waals surface area contributed by atoms with Crippen LogP contribution in [0.5, 0.6) is 5.75 Å². The minimum absolute atomic E-state index is 0.0426. The van der Waals surface area contributed by atoms with E-state index in [1.807, 2.05) is 25.1 Å². The van der Waals surface area contributed by atoms with Crippen molar-refractivity contribution in [1.29, 1.82) is 0 Å². The van der Waals surface area contributed by atoms with Crippen molar-refractivity contribution in [2.24, 2.45) is 11.8 Å². The highest BCUT2D eigenvalue weighted by Gasteiger charge is 2.95. The average Bonchev–Trinajstić information content (AvgIpc) is 3.11. The van der Waals surface area contributed by atoms with Crippen molar-refractivity contribution < 1.29 is 93.6 Å². The van der Waals surface area contributed by atoms with Gasteiger partial charge in [0.15, 0.2) is 8.32 Å². The summed E-state index contributed by atoms with van der Waals surface area (Å²) in [6.45, 7) is 10.6. The number of halogens is 17. The topological polar surface area (TPSA) is 47.9 Å². The highest BCUT2D eigenvalue weighted by molar-refractivity contribution is 6.76. The van der Waals surface area contributed by atoms with Gasteiger partial charge in [-0.05, 0) is 48.2 Å². The maximum atomic E-state index is 14.9. The summed E-state index contributed by atoms with van der Waals surface area (Å²) in [5.41, 5.74) is -0.0484. The molecule has 0 radical (unpaired) electrons. The van der Waals surface area contributed by atoms with Gasteiger partial charge in [-0.25, -0.2) is 0 Å². The van der Waals surface area contributed by atoms with Crippen LogP contribution in [-0.2, 0) is 15.8 Å². The summed E-state index contributed by atoms with van der Waals surface area (Å²) in [5, 5.41) is 9.80. The Kier molecular flexibility index (Phi) is 18.1. The lowest BCUT2D eigenvalue weighted by atomic mass is 9.88. The lowest BCUT2D eigenvalue weighted by Crippen LogP contribution is -2.74. The molecular weight excluding hydrogens is 859 g/mol. The first-order chi connectivity index (χ1) is 26.5. The van der Waals surface area contributed by atoms with Crippen LogP contribution in [0, 0.1) is 11.8 Å². The van der Waals surface area contributed by atoms with E-state index in [4.69, 9.17) is 13.9 Å². The summed E-state index contributed by atoms with van der Waals surface area (Å²) in [5.74, 6) is -56.4. The molecule has 0 fully saturated rings. The third kappa shape index (κ3) is 11.1. The Morgan fingerprint density at radius 2 is 1.15 bits per heavy atom. The Morgan fingerprint density at radius 3 is 1.58 bits per heavy atom. The molecule has 59 heavy (non-hydrogen) atoms. The van der Waals surface area contributed by atoms with E-state index >= 15 is 0 Å². The number of rotatable bonds is 24. The van der Waals surface area contributed by atoms with Crippen molar-refractivity contribution in [3.8, 4) is 5.75 Å². The van der Waals surface area contributed by atoms with Gasteiger partial charge in [-0.3, -0.25) is 0 Å². The summed E-state index contributed by atoms with van der Waals surface area (Å²) in [4.78, 5) is 0. The largest absolute Gasteiger partial charge is 0.497 e. The van der Waals surface area contributed by atoms with Crippen LogP contribution >= 0.6 is 0 Å². The van der Waals surface area contributed by atoms with Crippen molar-refractivity contribution in [1.82, 2.24) is 0 Å². The van der Waals surface area contributed by atoms with E-state index in [1.165, 1.54) is 34.8 Å². The zero-order chi connectivity index (χ0) is 46.4. The highest BCUT2D eigenvalue weighted by atomic mass is 28.4. The van der Waals surface area contributed by atoms with Gasteiger partial charge in [0.05, 0.1) is 19.8 Å². The van der Waals surface area contributed by atoms with Crippen LogP contribution in [-0.4, -0.2) is 87.5 Å². The number of allylic oxidation sites excluding steroid dienone is 2. The van der Waals surface area contributed by atoms with Gasteiger partial charge < -0.3 is 19.0 Å². The quantitative estimate of drug-likeness (QED) is 0.0486. The fourth-order valence-corrected chi connectivity index (χ4v) is 10.9.